The molecule has 2 aromatic carbocycles. The van der Waals surface area contributed by atoms with E-state index in [-0.39, 0.29) is 5.75 Å². The molecule has 0 atom stereocenters. The van der Waals surface area contributed by atoms with Gasteiger partial charge in [0.05, 0.1) is 19.0 Å². The highest BCUT2D eigenvalue weighted by atomic mass is 32.1. The Balaban J connectivity index is 1.52. The van der Waals surface area contributed by atoms with Gasteiger partial charge in [-0.25, -0.2) is 4.98 Å². The Kier molecular flexibility index (Phi) is 4.28. The molecule has 130 valence electrons. The quantitative estimate of drug-likeness (QED) is 0.361. The number of methoxy groups -OCH3 is 1. The van der Waals surface area contributed by atoms with Crippen LogP contribution in [0.15, 0.2) is 59.1 Å². The van der Waals surface area contributed by atoms with Crippen molar-refractivity contribution in [1.82, 2.24) is 9.97 Å². The van der Waals surface area contributed by atoms with E-state index >= 15 is 0 Å². The summed E-state index contributed by atoms with van der Waals surface area (Å²) in [6.45, 7) is 0. The third kappa shape index (κ3) is 3.12. The van der Waals surface area contributed by atoms with Crippen LogP contribution in [0.5, 0.6) is 11.5 Å². The van der Waals surface area contributed by atoms with Crippen LogP contribution in [0.3, 0.4) is 0 Å². The summed E-state index contributed by atoms with van der Waals surface area (Å²) in [5, 5.41) is 17.9. The Morgan fingerprint density at radius 1 is 1.27 bits per heavy atom. The van der Waals surface area contributed by atoms with E-state index in [1.54, 1.807) is 31.5 Å². The van der Waals surface area contributed by atoms with E-state index in [1.807, 2.05) is 35.8 Å². The van der Waals surface area contributed by atoms with Crippen molar-refractivity contribution in [3.63, 3.8) is 0 Å². The monoisotopic (exact) mass is 364 g/mol. The van der Waals surface area contributed by atoms with Crippen LogP contribution in [0.2, 0.25) is 0 Å². The number of para-hydroxylation sites is 1. The number of hydrogen-bond acceptors (Lipinski definition) is 6. The van der Waals surface area contributed by atoms with Crippen LogP contribution >= 0.6 is 11.3 Å². The maximum atomic E-state index is 10.1. The summed E-state index contributed by atoms with van der Waals surface area (Å²) < 4.78 is 5.20. The predicted octanol–water partition coefficient (Wildman–Crippen LogP) is 4.45. The van der Waals surface area contributed by atoms with Crippen LogP contribution in [0, 0.1) is 0 Å². The molecule has 2 heterocycles. The number of hydrazone groups is 1. The zero-order valence-corrected chi connectivity index (χ0v) is 14.7. The van der Waals surface area contributed by atoms with Crippen molar-refractivity contribution in [3.05, 3.63) is 59.6 Å². The second-order valence-corrected chi connectivity index (χ2v) is 6.44. The zero-order valence-electron chi connectivity index (χ0n) is 13.9. The summed E-state index contributed by atoms with van der Waals surface area (Å²) in [6, 6.07) is 13.1. The molecular formula is C19H16N4O2S. The molecule has 0 saturated carbocycles. The molecule has 6 nitrogen and oxygen atoms in total. The number of ether oxygens (including phenoxy) is 1. The molecule has 4 aromatic rings. The lowest BCUT2D eigenvalue weighted by atomic mass is 10.1. The molecule has 0 aliphatic rings. The van der Waals surface area contributed by atoms with Crippen molar-refractivity contribution in [2.75, 3.05) is 12.5 Å². The summed E-state index contributed by atoms with van der Waals surface area (Å²) >= 11 is 1.41. The first-order valence-corrected chi connectivity index (χ1v) is 8.80. The highest BCUT2D eigenvalue weighted by Gasteiger charge is 2.10. The number of thiazole rings is 1. The SMILES string of the molecule is COc1ccc(O)c(-c2csc(N/N=C\c3c[nH]c4ccccc34)n2)c1. The number of H-pyrrole nitrogens is 1. The molecule has 26 heavy (non-hydrogen) atoms. The minimum atomic E-state index is 0.157. The number of nitrogens with zero attached hydrogens (tertiary/aromatic N) is 2. The average Bonchev–Trinajstić information content (AvgIpc) is 3.30. The van der Waals surface area contributed by atoms with E-state index in [4.69, 9.17) is 4.74 Å². The Morgan fingerprint density at radius 3 is 3.04 bits per heavy atom. The molecule has 0 spiro atoms. The number of benzene rings is 2. The Hall–Kier alpha value is -3.32. The molecular weight excluding hydrogens is 348 g/mol. The molecule has 3 N–H and O–H groups in total. The number of rotatable bonds is 5. The molecule has 0 unspecified atom stereocenters. The van der Waals surface area contributed by atoms with Crippen molar-refractivity contribution in [2.45, 2.75) is 0 Å². The molecule has 0 aliphatic carbocycles. The molecule has 7 heteroatoms. The van der Waals surface area contributed by atoms with E-state index in [9.17, 15) is 5.11 Å². The van der Waals surface area contributed by atoms with Gasteiger partial charge in [0.1, 0.15) is 11.5 Å². The molecule has 0 bridgehead atoms. The number of fused-ring (bicyclic) bond motifs is 1. The normalized spacial score (nSPS) is 11.3. The van der Waals surface area contributed by atoms with Gasteiger partial charge in [-0.15, -0.1) is 11.3 Å². The smallest absolute Gasteiger partial charge is 0.203 e. The minimum absolute atomic E-state index is 0.157. The number of aromatic nitrogens is 2. The maximum Gasteiger partial charge on any atom is 0.203 e. The standard InChI is InChI=1S/C19H16N4O2S/c1-25-13-6-7-18(24)15(8-13)17-11-26-19(22-17)23-21-10-12-9-20-16-5-3-2-4-14(12)16/h2-11,20,24H,1H3,(H,22,23)/b21-10-. The second kappa shape index (κ2) is 6.89. The molecule has 2 aromatic heterocycles. The first-order valence-electron chi connectivity index (χ1n) is 7.92. The second-order valence-electron chi connectivity index (χ2n) is 5.58. The largest absolute Gasteiger partial charge is 0.507 e. The van der Waals surface area contributed by atoms with E-state index in [2.05, 4.69) is 20.5 Å². The number of nitrogens with one attached hydrogen (secondary N) is 2. The Bertz CT molecular complexity index is 1080. The first kappa shape index (κ1) is 16.2. The van der Waals surface area contributed by atoms with Crippen LogP contribution in [0.4, 0.5) is 5.13 Å². The van der Waals surface area contributed by atoms with Crippen LogP contribution < -0.4 is 10.2 Å². The van der Waals surface area contributed by atoms with Crippen LogP contribution in [-0.4, -0.2) is 28.4 Å². The van der Waals surface area contributed by atoms with Gasteiger partial charge in [0, 0.05) is 33.6 Å². The van der Waals surface area contributed by atoms with Crippen molar-refractivity contribution in [3.8, 4) is 22.8 Å². The van der Waals surface area contributed by atoms with Gasteiger partial charge in [0.25, 0.3) is 0 Å². The Labute approximate surface area is 153 Å². The van der Waals surface area contributed by atoms with E-state index < -0.39 is 0 Å². The lowest BCUT2D eigenvalue weighted by molar-refractivity contribution is 0.412. The van der Waals surface area contributed by atoms with E-state index in [0.717, 1.165) is 16.5 Å². The molecule has 0 fully saturated rings. The fourth-order valence-corrected chi connectivity index (χ4v) is 3.31. The first-order chi connectivity index (χ1) is 12.7. The van der Waals surface area contributed by atoms with E-state index in [0.29, 0.717) is 22.1 Å². The highest BCUT2D eigenvalue weighted by molar-refractivity contribution is 7.14. The zero-order chi connectivity index (χ0) is 17.9. The fourth-order valence-electron chi connectivity index (χ4n) is 2.65. The molecule has 4 rings (SSSR count). The van der Waals surface area contributed by atoms with Gasteiger partial charge in [-0.3, -0.25) is 5.43 Å². The number of aromatic amines is 1. The van der Waals surface area contributed by atoms with Crippen molar-refractivity contribution in [2.24, 2.45) is 5.10 Å². The number of aromatic hydroxyl groups is 1. The van der Waals surface area contributed by atoms with Gasteiger partial charge in [-0.05, 0) is 24.3 Å². The summed E-state index contributed by atoms with van der Waals surface area (Å²) in [5.74, 6) is 0.822. The third-order valence-corrected chi connectivity index (χ3v) is 4.72. The molecule has 0 saturated heterocycles. The van der Waals surface area contributed by atoms with Crippen LogP contribution in [0.1, 0.15) is 5.56 Å². The minimum Gasteiger partial charge on any atom is -0.507 e. The topological polar surface area (TPSA) is 82.5 Å². The highest BCUT2D eigenvalue weighted by Crippen LogP contribution is 2.34. The van der Waals surface area contributed by atoms with Gasteiger partial charge >= 0.3 is 0 Å². The Morgan fingerprint density at radius 2 is 2.15 bits per heavy atom. The predicted molar refractivity (Wildman–Crippen MR) is 105 cm³/mol. The number of phenolic OH excluding ortho intramolecular Hbond substituents is 1. The molecule has 0 amide bonds. The van der Waals surface area contributed by atoms with Crippen LogP contribution in [-0.2, 0) is 0 Å². The van der Waals surface area contributed by atoms with Crippen molar-refractivity contribution >= 4 is 33.6 Å². The van der Waals surface area contributed by atoms with Crippen LogP contribution in [0.25, 0.3) is 22.2 Å². The van der Waals surface area contributed by atoms with Gasteiger partial charge in [-0.2, -0.15) is 5.10 Å². The molecule has 0 aliphatic heterocycles. The summed E-state index contributed by atoms with van der Waals surface area (Å²) in [4.78, 5) is 7.68. The maximum absolute atomic E-state index is 10.1. The van der Waals surface area contributed by atoms with Gasteiger partial charge in [-0.1, -0.05) is 18.2 Å². The number of anilines is 1. The average molecular weight is 364 g/mol. The summed E-state index contributed by atoms with van der Waals surface area (Å²) in [5.41, 5.74) is 6.28. The summed E-state index contributed by atoms with van der Waals surface area (Å²) in [6.07, 6.45) is 3.67. The number of hydrogen-bond donors (Lipinski definition) is 3. The third-order valence-electron chi connectivity index (χ3n) is 3.97. The van der Waals surface area contributed by atoms with E-state index in [1.165, 1.54) is 11.3 Å². The summed E-state index contributed by atoms with van der Waals surface area (Å²) in [7, 11) is 1.59. The fraction of sp³-hybridized carbons (Fsp3) is 0.0526. The lowest BCUT2D eigenvalue weighted by Gasteiger charge is -2.04. The molecule has 0 radical (unpaired) electrons. The van der Waals surface area contributed by atoms with Gasteiger partial charge in [0.15, 0.2) is 0 Å². The van der Waals surface area contributed by atoms with Gasteiger partial charge < -0.3 is 14.8 Å². The number of phenols is 1. The van der Waals surface area contributed by atoms with Gasteiger partial charge in [0.2, 0.25) is 5.13 Å². The van der Waals surface area contributed by atoms with Crippen molar-refractivity contribution < 1.29 is 9.84 Å². The lowest BCUT2D eigenvalue weighted by Crippen LogP contribution is -1.90. The van der Waals surface area contributed by atoms with Crippen molar-refractivity contribution in [1.29, 1.82) is 0 Å².